The number of anilines is 1. The van der Waals surface area contributed by atoms with E-state index in [1.54, 1.807) is 42.5 Å². The molecule has 5 nitrogen and oxygen atoms in total. The van der Waals surface area contributed by atoms with Crippen LogP contribution in [0.3, 0.4) is 0 Å². The van der Waals surface area contributed by atoms with E-state index in [4.69, 9.17) is 11.6 Å². The average Bonchev–Trinajstić information content (AvgIpc) is 3.41. The van der Waals surface area contributed by atoms with Gasteiger partial charge in [0.25, 0.3) is 5.91 Å². The average molecular weight is 551 g/mol. The van der Waals surface area contributed by atoms with Crippen molar-refractivity contribution in [3.05, 3.63) is 110 Å². The molecule has 0 saturated heterocycles. The number of ketones is 1. The monoisotopic (exact) mass is 549 g/mol. The minimum absolute atomic E-state index is 0.269. The highest BCUT2D eigenvalue weighted by molar-refractivity contribution is 9.10. The Kier molecular flexibility index (Phi) is 6.08. The first-order valence-electron chi connectivity index (χ1n) is 10.4. The summed E-state index contributed by atoms with van der Waals surface area (Å²) in [6.07, 6.45) is 0. The summed E-state index contributed by atoms with van der Waals surface area (Å²) < 4.78 is 2.57. The second-order valence-corrected chi connectivity index (χ2v) is 9.97. The number of aryl methyl sites for hydroxylation is 1. The molecule has 0 aliphatic heterocycles. The maximum atomic E-state index is 13.2. The van der Waals surface area contributed by atoms with Gasteiger partial charge in [0.05, 0.1) is 27.0 Å². The minimum atomic E-state index is -0.296. The molecule has 0 aliphatic rings. The summed E-state index contributed by atoms with van der Waals surface area (Å²) >= 11 is 11.0. The molecular formula is C26H17BrClN3O2S. The second kappa shape index (κ2) is 9.18. The summed E-state index contributed by atoms with van der Waals surface area (Å²) in [6.45, 7) is 1.92. The van der Waals surface area contributed by atoms with Crippen molar-refractivity contribution >= 4 is 66.5 Å². The quantitative estimate of drug-likeness (QED) is 0.234. The van der Waals surface area contributed by atoms with Crippen LogP contribution in [-0.4, -0.2) is 21.5 Å². The number of rotatable bonds is 5. The highest BCUT2D eigenvalue weighted by atomic mass is 79.9. The van der Waals surface area contributed by atoms with E-state index in [0.717, 1.165) is 26.1 Å². The van der Waals surface area contributed by atoms with Crippen LogP contribution in [0.1, 0.15) is 31.3 Å². The molecule has 1 amide bonds. The van der Waals surface area contributed by atoms with Crippen LogP contribution in [0.5, 0.6) is 0 Å². The van der Waals surface area contributed by atoms with Crippen LogP contribution in [0.25, 0.3) is 15.9 Å². The molecule has 0 atom stereocenters. The van der Waals surface area contributed by atoms with E-state index in [-0.39, 0.29) is 11.7 Å². The first kappa shape index (κ1) is 22.5. The minimum Gasteiger partial charge on any atom is -0.321 e. The maximum Gasteiger partial charge on any atom is 0.265 e. The van der Waals surface area contributed by atoms with Crippen molar-refractivity contribution < 1.29 is 9.59 Å². The fourth-order valence-corrected chi connectivity index (χ4v) is 5.35. The van der Waals surface area contributed by atoms with Gasteiger partial charge in [0.2, 0.25) is 0 Å². The summed E-state index contributed by atoms with van der Waals surface area (Å²) in [7, 11) is 0. The van der Waals surface area contributed by atoms with Crippen LogP contribution in [-0.2, 0) is 0 Å². The fraction of sp³-hybridized carbons (Fsp3) is 0.0385. The zero-order chi connectivity index (χ0) is 23.8. The Labute approximate surface area is 213 Å². The SMILES string of the molecule is Cc1nn(-c2ccccc2)c2sc(C(=O)Nc3ccc(Br)cc3C(=O)c3ccccc3Cl)cc12. The van der Waals surface area contributed by atoms with Crippen LogP contribution < -0.4 is 5.32 Å². The Morgan fingerprint density at radius 3 is 2.47 bits per heavy atom. The molecule has 168 valence electrons. The number of benzene rings is 3. The van der Waals surface area contributed by atoms with E-state index in [0.29, 0.717) is 26.7 Å². The normalized spacial score (nSPS) is 11.0. The molecule has 0 fully saturated rings. The van der Waals surface area contributed by atoms with Gasteiger partial charge in [-0.25, -0.2) is 4.68 Å². The second-order valence-electron chi connectivity index (χ2n) is 7.62. The topological polar surface area (TPSA) is 64.0 Å². The number of halogens is 2. The standard InChI is InChI=1S/C26H17BrClN3O2S/c1-15-19-14-23(34-26(19)31(30-15)17-7-3-2-4-8-17)25(33)29-22-12-11-16(27)13-20(22)24(32)18-9-5-6-10-21(18)28/h2-14H,1H3,(H,29,33). The third-order valence-corrected chi connectivity index (χ3v) is 7.29. The lowest BCUT2D eigenvalue weighted by Crippen LogP contribution is -2.14. The van der Waals surface area contributed by atoms with E-state index >= 15 is 0 Å². The zero-order valence-electron chi connectivity index (χ0n) is 17.9. The molecule has 34 heavy (non-hydrogen) atoms. The molecular weight excluding hydrogens is 534 g/mol. The number of aromatic nitrogens is 2. The maximum absolute atomic E-state index is 13.2. The van der Waals surface area contributed by atoms with Gasteiger partial charge in [0, 0.05) is 21.0 Å². The van der Waals surface area contributed by atoms with Crippen LogP contribution >= 0.6 is 38.9 Å². The Bertz CT molecular complexity index is 1560. The van der Waals surface area contributed by atoms with E-state index in [9.17, 15) is 9.59 Å². The summed E-state index contributed by atoms with van der Waals surface area (Å²) in [6, 6.07) is 23.7. The summed E-state index contributed by atoms with van der Waals surface area (Å²) in [4.78, 5) is 27.9. The van der Waals surface area contributed by atoms with Crippen molar-refractivity contribution in [1.29, 1.82) is 0 Å². The molecule has 0 bridgehead atoms. The molecule has 0 saturated carbocycles. The molecule has 0 aliphatic carbocycles. The third-order valence-electron chi connectivity index (χ3n) is 5.36. The highest BCUT2D eigenvalue weighted by Gasteiger charge is 2.21. The predicted octanol–water partition coefficient (Wildman–Crippen LogP) is 7.29. The van der Waals surface area contributed by atoms with E-state index in [1.165, 1.54) is 11.3 Å². The van der Waals surface area contributed by atoms with Crippen molar-refractivity contribution in [3.63, 3.8) is 0 Å². The number of nitrogens with zero attached hydrogens (tertiary/aromatic N) is 2. The van der Waals surface area contributed by atoms with Crippen molar-refractivity contribution in [3.8, 4) is 5.69 Å². The van der Waals surface area contributed by atoms with Gasteiger partial charge in [-0.15, -0.1) is 11.3 Å². The number of hydrogen-bond acceptors (Lipinski definition) is 4. The Morgan fingerprint density at radius 2 is 1.71 bits per heavy atom. The molecule has 2 heterocycles. The number of hydrogen-bond donors (Lipinski definition) is 1. The lowest BCUT2D eigenvalue weighted by atomic mass is 10.0. The number of nitrogens with one attached hydrogen (secondary N) is 1. The number of carbonyl (C=O) groups excluding carboxylic acids is 2. The van der Waals surface area contributed by atoms with Gasteiger partial charge in [0.1, 0.15) is 4.83 Å². The van der Waals surface area contributed by atoms with Gasteiger partial charge in [-0.3, -0.25) is 9.59 Å². The lowest BCUT2D eigenvalue weighted by molar-refractivity contribution is 0.103. The predicted molar refractivity (Wildman–Crippen MR) is 141 cm³/mol. The van der Waals surface area contributed by atoms with Crippen molar-refractivity contribution in [2.24, 2.45) is 0 Å². The summed E-state index contributed by atoms with van der Waals surface area (Å²) in [5.41, 5.74) is 2.90. The van der Waals surface area contributed by atoms with Gasteiger partial charge in [-0.2, -0.15) is 5.10 Å². The third kappa shape index (κ3) is 4.18. The number of thiophene rings is 1. The van der Waals surface area contributed by atoms with Crippen molar-refractivity contribution in [2.75, 3.05) is 5.32 Å². The van der Waals surface area contributed by atoms with Gasteiger partial charge in [0.15, 0.2) is 5.78 Å². The van der Waals surface area contributed by atoms with Crippen LogP contribution in [0.15, 0.2) is 83.3 Å². The van der Waals surface area contributed by atoms with E-state index in [2.05, 4.69) is 26.3 Å². The Morgan fingerprint density at radius 1 is 0.971 bits per heavy atom. The molecule has 0 radical (unpaired) electrons. The summed E-state index contributed by atoms with van der Waals surface area (Å²) in [5, 5.41) is 8.81. The molecule has 1 N–H and O–H groups in total. The van der Waals surface area contributed by atoms with Crippen LogP contribution in [0, 0.1) is 6.92 Å². The molecule has 3 aromatic carbocycles. The summed E-state index contributed by atoms with van der Waals surface area (Å²) in [5.74, 6) is -0.565. The molecule has 5 aromatic rings. The smallest absolute Gasteiger partial charge is 0.265 e. The molecule has 0 spiro atoms. The first-order chi connectivity index (χ1) is 16.4. The Hall–Kier alpha value is -3.26. The van der Waals surface area contributed by atoms with Gasteiger partial charge in [-0.1, -0.05) is 57.9 Å². The first-order valence-corrected chi connectivity index (χ1v) is 12.4. The fourth-order valence-electron chi connectivity index (χ4n) is 3.69. The number of fused-ring (bicyclic) bond motifs is 1. The molecule has 5 rings (SSSR count). The largest absolute Gasteiger partial charge is 0.321 e. The zero-order valence-corrected chi connectivity index (χ0v) is 21.0. The van der Waals surface area contributed by atoms with Crippen LogP contribution in [0.2, 0.25) is 5.02 Å². The molecule has 8 heteroatoms. The molecule has 0 unspecified atom stereocenters. The highest BCUT2D eigenvalue weighted by Crippen LogP contribution is 2.32. The molecule has 2 aromatic heterocycles. The number of amides is 1. The lowest BCUT2D eigenvalue weighted by Gasteiger charge is -2.11. The van der Waals surface area contributed by atoms with E-state index in [1.807, 2.05) is 48.0 Å². The van der Waals surface area contributed by atoms with Crippen molar-refractivity contribution in [2.45, 2.75) is 6.92 Å². The van der Waals surface area contributed by atoms with Crippen LogP contribution in [0.4, 0.5) is 5.69 Å². The van der Waals surface area contributed by atoms with Gasteiger partial charge in [-0.05, 0) is 55.5 Å². The van der Waals surface area contributed by atoms with E-state index < -0.39 is 0 Å². The van der Waals surface area contributed by atoms with Crippen molar-refractivity contribution in [1.82, 2.24) is 9.78 Å². The number of para-hydroxylation sites is 1. The van der Waals surface area contributed by atoms with Gasteiger partial charge >= 0.3 is 0 Å². The number of carbonyl (C=O) groups is 2. The Balaban J connectivity index is 1.50. The van der Waals surface area contributed by atoms with Gasteiger partial charge < -0.3 is 5.32 Å².